The summed E-state index contributed by atoms with van der Waals surface area (Å²) in [7, 11) is 1.58. The number of ether oxygens (including phenoxy) is 2. The van der Waals surface area contributed by atoms with Crippen LogP contribution < -0.4 is 20.9 Å². The van der Waals surface area contributed by atoms with E-state index in [9.17, 15) is 0 Å². The van der Waals surface area contributed by atoms with Crippen LogP contribution in [0.2, 0.25) is 0 Å². The summed E-state index contributed by atoms with van der Waals surface area (Å²) in [5, 5.41) is 0. The largest absolute Gasteiger partial charge is 0.494 e. The Morgan fingerprint density at radius 3 is 2.94 bits per heavy atom. The van der Waals surface area contributed by atoms with Gasteiger partial charge in [0.25, 0.3) is 0 Å². The van der Waals surface area contributed by atoms with E-state index in [0.717, 1.165) is 23.5 Å². The lowest BCUT2D eigenvalue weighted by Gasteiger charge is -2.28. The summed E-state index contributed by atoms with van der Waals surface area (Å²) in [5.74, 6) is 2.20. The van der Waals surface area contributed by atoms with E-state index in [2.05, 4.69) is 6.92 Å². The van der Waals surface area contributed by atoms with E-state index in [4.69, 9.17) is 20.9 Å². The molecule has 1 aromatic rings. The van der Waals surface area contributed by atoms with Gasteiger partial charge in [-0.1, -0.05) is 13.3 Å². The van der Waals surface area contributed by atoms with Crippen molar-refractivity contribution in [2.45, 2.75) is 30.8 Å². The minimum absolute atomic E-state index is 0.214. The van der Waals surface area contributed by atoms with Crippen LogP contribution in [0.5, 0.6) is 11.5 Å². The highest BCUT2D eigenvalue weighted by Gasteiger charge is 2.25. The monoisotopic (exact) mass is 254 g/mol. The molecule has 2 rings (SSSR count). The number of nitrogens with two attached hydrogens (primary N) is 2. The molecule has 0 fully saturated rings. The van der Waals surface area contributed by atoms with Crippen molar-refractivity contribution in [3.63, 3.8) is 0 Å². The van der Waals surface area contributed by atoms with Crippen molar-refractivity contribution >= 4 is 23.1 Å². The fraction of sp³-hybridized carbons (Fsp3) is 0.500. The van der Waals surface area contributed by atoms with Gasteiger partial charge in [0, 0.05) is 11.8 Å². The average Bonchev–Trinajstić information content (AvgIpc) is 2.34. The molecule has 1 aromatic carbocycles. The van der Waals surface area contributed by atoms with Crippen LogP contribution >= 0.6 is 11.8 Å². The van der Waals surface area contributed by atoms with Gasteiger partial charge in [-0.25, -0.2) is 0 Å². The van der Waals surface area contributed by atoms with Crippen molar-refractivity contribution in [2.24, 2.45) is 0 Å². The van der Waals surface area contributed by atoms with Gasteiger partial charge in [-0.15, -0.1) is 11.8 Å². The van der Waals surface area contributed by atoms with E-state index in [1.165, 1.54) is 0 Å². The van der Waals surface area contributed by atoms with Gasteiger partial charge in [0.2, 0.25) is 0 Å². The Balaban J connectivity index is 2.37. The number of thioether (sulfide) groups is 1. The van der Waals surface area contributed by atoms with Crippen molar-refractivity contribution in [3.8, 4) is 11.5 Å². The molecule has 0 radical (unpaired) electrons. The van der Waals surface area contributed by atoms with Crippen molar-refractivity contribution in [1.29, 1.82) is 0 Å². The Morgan fingerprint density at radius 1 is 1.53 bits per heavy atom. The van der Waals surface area contributed by atoms with Crippen LogP contribution in [0, 0.1) is 0 Å². The highest BCUT2D eigenvalue weighted by Crippen LogP contribution is 2.48. The second-order valence-electron chi connectivity index (χ2n) is 4.08. The molecule has 4 nitrogen and oxygen atoms in total. The van der Waals surface area contributed by atoms with Gasteiger partial charge < -0.3 is 20.9 Å². The third-order valence-electron chi connectivity index (χ3n) is 2.79. The summed E-state index contributed by atoms with van der Waals surface area (Å²) in [6.07, 6.45) is 2.34. The molecule has 5 heteroatoms. The molecule has 0 saturated heterocycles. The standard InChI is InChI=1S/C12H18N2O2S/c1-3-4-7-6-17-12-8(13)5-9(15-2)10(14)11(12)16-7/h5,7H,3-4,6,13-14H2,1-2H3. The Labute approximate surface area is 106 Å². The highest BCUT2D eigenvalue weighted by atomic mass is 32.2. The van der Waals surface area contributed by atoms with E-state index < -0.39 is 0 Å². The molecule has 4 N–H and O–H groups in total. The molecule has 0 aromatic heterocycles. The van der Waals surface area contributed by atoms with E-state index in [-0.39, 0.29) is 6.10 Å². The predicted octanol–water partition coefficient (Wildman–Crippen LogP) is 2.51. The molecule has 0 aliphatic carbocycles. The molecule has 1 atom stereocenters. The lowest BCUT2D eigenvalue weighted by atomic mass is 10.2. The molecule has 1 unspecified atom stereocenters. The Bertz CT molecular complexity index is 423. The third-order valence-corrected chi connectivity index (χ3v) is 4.04. The quantitative estimate of drug-likeness (QED) is 0.811. The van der Waals surface area contributed by atoms with Gasteiger partial charge in [-0.05, 0) is 6.42 Å². The Hall–Kier alpha value is -1.23. The first-order valence-electron chi connectivity index (χ1n) is 5.72. The smallest absolute Gasteiger partial charge is 0.162 e. The Morgan fingerprint density at radius 2 is 2.29 bits per heavy atom. The molecule has 1 aliphatic heterocycles. The molecule has 0 spiro atoms. The maximum absolute atomic E-state index is 6.02. The maximum Gasteiger partial charge on any atom is 0.162 e. The minimum atomic E-state index is 0.214. The van der Waals surface area contributed by atoms with Crippen LogP contribution in [-0.2, 0) is 0 Å². The van der Waals surface area contributed by atoms with Gasteiger partial charge >= 0.3 is 0 Å². The Kier molecular flexibility index (Phi) is 3.57. The summed E-state index contributed by atoms with van der Waals surface area (Å²) in [5.41, 5.74) is 13.2. The third kappa shape index (κ3) is 2.24. The number of fused-ring (bicyclic) bond motifs is 1. The second kappa shape index (κ2) is 4.96. The fourth-order valence-corrected chi connectivity index (χ4v) is 3.03. The van der Waals surface area contributed by atoms with E-state index in [1.54, 1.807) is 24.9 Å². The van der Waals surface area contributed by atoms with Gasteiger partial charge in [-0.2, -0.15) is 0 Å². The summed E-state index contributed by atoms with van der Waals surface area (Å²) in [6, 6.07) is 1.75. The first-order chi connectivity index (χ1) is 8.17. The molecule has 0 amide bonds. The van der Waals surface area contributed by atoms with Crippen molar-refractivity contribution in [1.82, 2.24) is 0 Å². The number of hydrogen-bond acceptors (Lipinski definition) is 5. The zero-order chi connectivity index (χ0) is 12.4. The summed E-state index contributed by atoms with van der Waals surface area (Å²) in [4.78, 5) is 0.940. The minimum Gasteiger partial charge on any atom is -0.494 e. The summed E-state index contributed by atoms with van der Waals surface area (Å²) < 4.78 is 11.1. The lowest BCUT2D eigenvalue weighted by molar-refractivity contribution is 0.205. The van der Waals surface area contributed by atoms with Crippen LogP contribution in [0.4, 0.5) is 11.4 Å². The SMILES string of the molecule is CCCC1CSc2c(N)cc(OC)c(N)c2O1. The molecule has 0 saturated carbocycles. The number of anilines is 2. The first-order valence-corrected chi connectivity index (χ1v) is 6.71. The molecule has 1 heterocycles. The first kappa shape index (κ1) is 12.2. The van der Waals surface area contributed by atoms with Crippen molar-refractivity contribution < 1.29 is 9.47 Å². The fourth-order valence-electron chi connectivity index (χ4n) is 1.93. The topological polar surface area (TPSA) is 70.5 Å². The number of nitrogen functional groups attached to an aromatic ring is 2. The van der Waals surface area contributed by atoms with E-state index in [0.29, 0.717) is 22.9 Å². The van der Waals surface area contributed by atoms with Crippen molar-refractivity contribution in [3.05, 3.63) is 6.07 Å². The summed E-state index contributed by atoms with van der Waals surface area (Å²) >= 11 is 1.71. The maximum atomic E-state index is 6.02. The number of hydrogen-bond donors (Lipinski definition) is 2. The molecular formula is C12H18N2O2S. The van der Waals surface area contributed by atoms with Crippen LogP contribution in [0.25, 0.3) is 0 Å². The molecule has 17 heavy (non-hydrogen) atoms. The van der Waals surface area contributed by atoms with Crippen LogP contribution in [0.15, 0.2) is 11.0 Å². The molecule has 94 valence electrons. The van der Waals surface area contributed by atoms with Gasteiger partial charge in [0.15, 0.2) is 5.75 Å². The van der Waals surface area contributed by atoms with Crippen LogP contribution in [-0.4, -0.2) is 19.0 Å². The normalized spacial score (nSPS) is 18.4. The number of rotatable bonds is 3. The van der Waals surface area contributed by atoms with E-state index >= 15 is 0 Å². The zero-order valence-corrected chi connectivity index (χ0v) is 11.0. The zero-order valence-electron chi connectivity index (χ0n) is 10.2. The van der Waals surface area contributed by atoms with Gasteiger partial charge in [-0.3, -0.25) is 0 Å². The molecular weight excluding hydrogens is 236 g/mol. The second-order valence-corrected chi connectivity index (χ2v) is 5.11. The van der Waals surface area contributed by atoms with Crippen molar-refractivity contribution in [2.75, 3.05) is 24.3 Å². The van der Waals surface area contributed by atoms with Crippen LogP contribution in [0.3, 0.4) is 0 Å². The summed E-state index contributed by atoms with van der Waals surface area (Å²) in [6.45, 7) is 2.15. The number of methoxy groups -OCH3 is 1. The van der Waals surface area contributed by atoms with Gasteiger partial charge in [0.1, 0.15) is 17.5 Å². The molecule has 1 aliphatic rings. The predicted molar refractivity (Wildman–Crippen MR) is 71.9 cm³/mol. The highest BCUT2D eigenvalue weighted by molar-refractivity contribution is 7.99. The molecule has 0 bridgehead atoms. The van der Waals surface area contributed by atoms with Gasteiger partial charge in [0.05, 0.1) is 17.7 Å². The van der Waals surface area contributed by atoms with Crippen LogP contribution in [0.1, 0.15) is 19.8 Å². The van der Waals surface area contributed by atoms with E-state index in [1.807, 2.05) is 0 Å². The number of benzene rings is 1. The average molecular weight is 254 g/mol. The lowest BCUT2D eigenvalue weighted by Crippen LogP contribution is -2.24.